The summed E-state index contributed by atoms with van der Waals surface area (Å²) in [6.07, 6.45) is 2.92. The molecule has 1 aliphatic rings. The van der Waals surface area contributed by atoms with E-state index < -0.39 is 6.09 Å². The number of ether oxygens (including phenoxy) is 3. The normalized spacial score (nSPS) is 15.2. The van der Waals surface area contributed by atoms with Crippen LogP contribution in [0.4, 0.5) is 10.5 Å². The minimum atomic E-state index is -0.505. The Morgan fingerprint density at radius 2 is 2.12 bits per heavy atom. The summed E-state index contributed by atoms with van der Waals surface area (Å²) in [4.78, 5) is 28.6. The number of benzene rings is 2. The van der Waals surface area contributed by atoms with E-state index in [0.29, 0.717) is 42.4 Å². The lowest BCUT2D eigenvalue weighted by Gasteiger charge is -2.12. The Morgan fingerprint density at radius 3 is 2.88 bits per heavy atom. The minimum absolute atomic E-state index is 0.209. The summed E-state index contributed by atoms with van der Waals surface area (Å²) in [6.45, 7) is 1.27. The van der Waals surface area contributed by atoms with Crippen LogP contribution in [0.5, 0.6) is 5.75 Å². The molecule has 2 amide bonds. The highest BCUT2D eigenvalue weighted by molar-refractivity contribution is 6.04. The second-order valence-electron chi connectivity index (χ2n) is 7.18. The molecule has 2 heterocycles. The van der Waals surface area contributed by atoms with E-state index >= 15 is 0 Å². The predicted octanol–water partition coefficient (Wildman–Crippen LogP) is 3.62. The Morgan fingerprint density at radius 1 is 1.22 bits per heavy atom. The van der Waals surface area contributed by atoms with E-state index in [2.05, 4.69) is 15.6 Å². The van der Waals surface area contributed by atoms with Gasteiger partial charge < -0.3 is 29.3 Å². The number of carbonyl (C=O) groups is 2. The van der Waals surface area contributed by atoms with E-state index in [9.17, 15) is 9.59 Å². The van der Waals surface area contributed by atoms with E-state index in [1.807, 2.05) is 6.07 Å². The summed E-state index contributed by atoms with van der Waals surface area (Å²) < 4.78 is 21.2. The monoisotopic (exact) mass is 437 g/mol. The largest absolute Gasteiger partial charge is 0.496 e. The Bertz CT molecular complexity index is 1080. The van der Waals surface area contributed by atoms with Gasteiger partial charge >= 0.3 is 6.09 Å². The number of amides is 2. The molecule has 0 saturated carbocycles. The van der Waals surface area contributed by atoms with E-state index in [-0.39, 0.29) is 18.6 Å². The van der Waals surface area contributed by atoms with Gasteiger partial charge in [0.25, 0.3) is 5.91 Å². The highest BCUT2D eigenvalue weighted by atomic mass is 16.6. The highest BCUT2D eigenvalue weighted by Crippen LogP contribution is 2.32. The van der Waals surface area contributed by atoms with Gasteiger partial charge in [0.15, 0.2) is 12.2 Å². The van der Waals surface area contributed by atoms with Crippen LogP contribution in [0.2, 0.25) is 0 Å². The zero-order chi connectivity index (χ0) is 22.3. The van der Waals surface area contributed by atoms with Gasteiger partial charge in [0.05, 0.1) is 32.1 Å². The molecular weight excluding hydrogens is 414 g/mol. The van der Waals surface area contributed by atoms with Gasteiger partial charge in [-0.05, 0) is 29.8 Å². The number of methoxy groups -OCH3 is 1. The molecular formula is C23H23N3O6. The van der Waals surface area contributed by atoms with Crippen molar-refractivity contribution in [2.75, 3.05) is 25.6 Å². The van der Waals surface area contributed by atoms with Gasteiger partial charge in [0.2, 0.25) is 0 Å². The molecule has 0 aliphatic carbocycles. The molecule has 9 heteroatoms. The van der Waals surface area contributed by atoms with E-state index in [0.717, 1.165) is 11.1 Å². The van der Waals surface area contributed by atoms with E-state index in [1.165, 1.54) is 6.39 Å². The minimum Gasteiger partial charge on any atom is -0.496 e. The molecule has 1 aliphatic heterocycles. The number of aromatic nitrogens is 1. The van der Waals surface area contributed by atoms with Crippen molar-refractivity contribution in [2.45, 2.75) is 19.1 Å². The summed E-state index contributed by atoms with van der Waals surface area (Å²) >= 11 is 0. The Balaban J connectivity index is 1.37. The fourth-order valence-corrected chi connectivity index (χ4v) is 3.32. The molecule has 0 spiro atoms. The Kier molecular flexibility index (Phi) is 6.66. The SMILES string of the molecule is COc1cc(NC(=O)c2cccc(CNC(=O)OC3CCOC3)c2)ccc1-c1cnco1. The molecule has 1 unspecified atom stereocenters. The maximum Gasteiger partial charge on any atom is 0.407 e. The number of alkyl carbamates (subject to hydrolysis) is 1. The summed E-state index contributed by atoms with van der Waals surface area (Å²) in [5, 5.41) is 5.55. The first-order valence-corrected chi connectivity index (χ1v) is 10.1. The van der Waals surface area contributed by atoms with Crippen LogP contribution in [0.15, 0.2) is 59.5 Å². The molecule has 32 heavy (non-hydrogen) atoms. The van der Waals surface area contributed by atoms with E-state index in [4.69, 9.17) is 18.6 Å². The first-order chi connectivity index (χ1) is 15.6. The molecule has 0 bridgehead atoms. The Hall–Kier alpha value is -3.85. The van der Waals surface area contributed by atoms with Gasteiger partial charge in [-0.15, -0.1) is 0 Å². The average molecular weight is 437 g/mol. The lowest BCUT2D eigenvalue weighted by Crippen LogP contribution is -2.28. The fraction of sp³-hybridized carbons (Fsp3) is 0.261. The lowest BCUT2D eigenvalue weighted by atomic mass is 10.1. The van der Waals surface area contributed by atoms with Crippen molar-refractivity contribution in [1.29, 1.82) is 0 Å². The van der Waals surface area contributed by atoms with Gasteiger partial charge in [-0.3, -0.25) is 4.79 Å². The van der Waals surface area contributed by atoms with Gasteiger partial charge in [-0.25, -0.2) is 9.78 Å². The molecule has 1 aromatic heterocycles. The summed E-state index contributed by atoms with van der Waals surface area (Å²) in [5.74, 6) is 0.828. The summed E-state index contributed by atoms with van der Waals surface area (Å²) in [7, 11) is 1.54. The van der Waals surface area contributed by atoms with Crippen molar-refractivity contribution < 1.29 is 28.2 Å². The Labute approximate surface area is 184 Å². The molecule has 1 saturated heterocycles. The third-order valence-corrected chi connectivity index (χ3v) is 4.94. The number of anilines is 1. The molecule has 4 rings (SSSR count). The quantitative estimate of drug-likeness (QED) is 0.581. The number of rotatable bonds is 7. The maximum absolute atomic E-state index is 12.7. The first kappa shape index (κ1) is 21.4. The van der Waals surface area contributed by atoms with Crippen molar-refractivity contribution in [2.24, 2.45) is 0 Å². The maximum atomic E-state index is 12.7. The van der Waals surface area contributed by atoms with Crippen LogP contribution < -0.4 is 15.4 Å². The van der Waals surface area contributed by atoms with Crippen LogP contribution in [-0.2, 0) is 16.0 Å². The molecule has 1 atom stereocenters. The topological polar surface area (TPSA) is 112 Å². The van der Waals surface area contributed by atoms with Gasteiger partial charge in [0.1, 0.15) is 11.9 Å². The average Bonchev–Trinajstić information content (AvgIpc) is 3.52. The second-order valence-corrected chi connectivity index (χ2v) is 7.18. The molecule has 0 radical (unpaired) electrons. The molecule has 9 nitrogen and oxygen atoms in total. The number of nitrogens with zero attached hydrogens (tertiary/aromatic N) is 1. The molecule has 3 aromatic rings. The van der Waals surface area contributed by atoms with Crippen molar-refractivity contribution in [3.63, 3.8) is 0 Å². The number of hydrogen-bond donors (Lipinski definition) is 2. The highest BCUT2D eigenvalue weighted by Gasteiger charge is 2.19. The second kappa shape index (κ2) is 9.97. The zero-order valence-corrected chi connectivity index (χ0v) is 17.5. The van der Waals surface area contributed by atoms with Gasteiger partial charge in [-0.1, -0.05) is 12.1 Å². The third-order valence-electron chi connectivity index (χ3n) is 4.94. The molecule has 166 valence electrons. The third kappa shape index (κ3) is 5.25. The number of nitrogens with one attached hydrogen (secondary N) is 2. The zero-order valence-electron chi connectivity index (χ0n) is 17.5. The number of hydrogen-bond acceptors (Lipinski definition) is 7. The van der Waals surface area contributed by atoms with Crippen molar-refractivity contribution in [3.05, 3.63) is 66.2 Å². The van der Waals surface area contributed by atoms with Gasteiger partial charge in [0, 0.05) is 30.3 Å². The van der Waals surface area contributed by atoms with Crippen LogP contribution in [0.3, 0.4) is 0 Å². The smallest absolute Gasteiger partial charge is 0.407 e. The van der Waals surface area contributed by atoms with Gasteiger partial charge in [-0.2, -0.15) is 0 Å². The van der Waals surface area contributed by atoms with Crippen molar-refractivity contribution in [1.82, 2.24) is 10.3 Å². The van der Waals surface area contributed by atoms with Crippen molar-refractivity contribution >= 4 is 17.7 Å². The van der Waals surface area contributed by atoms with E-state index in [1.54, 1.807) is 49.7 Å². The van der Waals surface area contributed by atoms with Crippen LogP contribution in [0, 0.1) is 0 Å². The number of oxazole rings is 1. The van der Waals surface area contributed by atoms with Crippen molar-refractivity contribution in [3.8, 4) is 17.1 Å². The fourth-order valence-electron chi connectivity index (χ4n) is 3.32. The lowest BCUT2D eigenvalue weighted by molar-refractivity contribution is 0.0828. The van der Waals surface area contributed by atoms with Crippen LogP contribution >= 0.6 is 0 Å². The molecule has 1 fully saturated rings. The molecule has 2 N–H and O–H groups in total. The molecule has 2 aromatic carbocycles. The standard InChI is InChI=1S/C23H23N3O6/c1-29-20-10-17(5-6-19(20)21-12-24-14-31-21)26-22(27)16-4-2-3-15(9-16)11-25-23(28)32-18-7-8-30-13-18/h2-6,9-10,12,14,18H,7-8,11,13H2,1H3,(H,25,28)(H,26,27). The first-order valence-electron chi connectivity index (χ1n) is 10.1. The summed E-state index contributed by atoms with van der Waals surface area (Å²) in [5.41, 5.74) is 2.53. The predicted molar refractivity (Wildman–Crippen MR) is 115 cm³/mol. The summed E-state index contributed by atoms with van der Waals surface area (Å²) in [6, 6.07) is 12.3. The number of carbonyl (C=O) groups excluding carboxylic acids is 2. The van der Waals surface area contributed by atoms with Crippen LogP contribution in [0.25, 0.3) is 11.3 Å². The van der Waals surface area contributed by atoms with Crippen LogP contribution in [-0.4, -0.2) is 43.4 Å². The van der Waals surface area contributed by atoms with Crippen LogP contribution in [0.1, 0.15) is 22.3 Å².